The van der Waals surface area contributed by atoms with Gasteiger partial charge in [0.1, 0.15) is 10.3 Å². The Bertz CT molecular complexity index is 1190. The van der Waals surface area contributed by atoms with Gasteiger partial charge in [0, 0.05) is 13.6 Å². The highest BCUT2D eigenvalue weighted by atomic mass is 32.2. The van der Waals surface area contributed by atoms with E-state index in [1.807, 2.05) is 30.7 Å². The average Bonchev–Trinajstić information content (AvgIpc) is 3.31. The van der Waals surface area contributed by atoms with E-state index in [1.54, 1.807) is 17.5 Å². The fourth-order valence-electron chi connectivity index (χ4n) is 3.48. The second-order valence-corrected chi connectivity index (χ2v) is 11.0. The van der Waals surface area contributed by atoms with E-state index < -0.39 is 22.0 Å². The molecule has 3 heterocycles. The Morgan fingerprint density at radius 3 is 2.82 bits per heavy atom. The lowest BCUT2D eigenvalue weighted by atomic mass is 10.0. The Balaban J connectivity index is 1.72. The van der Waals surface area contributed by atoms with Crippen LogP contribution in [0.4, 0.5) is 0 Å². The third kappa shape index (κ3) is 3.47. The number of fused-ring (bicyclic) bond motifs is 1. The van der Waals surface area contributed by atoms with Crippen LogP contribution < -0.4 is 4.80 Å². The van der Waals surface area contributed by atoms with E-state index in [0.717, 1.165) is 28.6 Å². The van der Waals surface area contributed by atoms with Crippen molar-refractivity contribution < 1.29 is 13.2 Å². The van der Waals surface area contributed by atoms with Gasteiger partial charge < -0.3 is 4.57 Å². The first-order chi connectivity index (χ1) is 13.4. The van der Waals surface area contributed by atoms with Crippen molar-refractivity contribution in [3.8, 4) is 0 Å². The number of carbonyl (C=O) groups is 1. The zero-order valence-electron chi connectivity index (χ0n) is 15.7. The van der Waals surface area contributed by atoms with Gasteiger partial charge in [0.2, 0.25) is 0 Å². The molecule has 1 saturated heterocycles. The van der Waals surface area contributed by atoms with Gasteiger partial charge in [-0.25, -0.2) is 8.42 Å². The van der Waals surface area contributed by atoms with Crippen LogP contribution in [0.3, 0.4) is 0 Å². The number of thiazole rings is 1. The lowest BCUT2D eigenvalue weighted by Gasteiger charge is -2.31. The van der Waals surface area contributed by atoms with Crippen LogP contribution >= 0.6 is 22.7 Å². The smallest absolute Gasteiger partial charge is 0.266 e. The van der Waals surface area contributed by atoms with Crippen molar-refractivity contribution in [2.24, 2.45) is 12.0 Å². The molecule has 2 aromatic heterocycles. The van der Waals surface area contributed by atoms with Gasteiger partial charge in [0.15, 0.2) is 4.80 Å². The van der Waals surface area contributed by atoms with Gasteiger partial charge in [-0.1, -0.05) is 29.9 Å². The van der Waals surface area contributed by atoms with Crippen molar-refractivity contribution in [1.82, 2.24) is 8.87 Å². The number of nitrogens with zero attached hydrogens (tertiary/aromatic N) is 3. The number of sulfonamides is 1. The zero-order valence-corrected chi connectivity index (χ0v) is 18.1. The van der Waals surface area contributed by atoms with Crippen LogP contribution in [0.5, 0.6) is 0 Å². The molecule has 1 aromatic carbocycles. The second-order valence-electron chi connectivity index (χ2n) is 6.92. The highest BCUT2D eigenvalue weighted by Gasteiger charge is 2.38. The summed E-state index contributed by atoms with van der Waals surface area (Å²) in [6.45, 7) is 2.38. The first kappa shape index (κ1) is 19.5. The zero-order chi connectivity index (χ0) is 19.9. The summed E-state index contributed by atoms with van der Waals surface area (Å²) in [6.07, 6.45) is 2.07. The lowest BCUT2D eigenvalue weighted by molar-refractivity contribution is -0.122. The molecule has 0 radical (unpaired) electrons. The molecule has 6 nitrogen and oxygen atoms in total. The molecule has 1 fully saturated rings. The maximum atomic E-state index is 13.0. The number of piperidine rings is 1. The van der Waals surface area contributed by atoms with Crippen LogP contribution in [0, 0.1) is 6.92 Å². The van der Waals surface area contributed by atoms with E-state index in [0.29, 0.717) is 17.8 Å². The van der Waals surface area contributed by atoms with Crippen LogP contribution in [0.25, 0.3) is 10.2 Å². The summed E-state index contributed by atoms with van der Waals surface area (Å²) < 4.78 is 30.6. The Labute approximate surface area is 171 Å². The maximum absolute atomic E-state index is 13.0. The third-order valence-electron chi connectivity index (χ3n) is 4.97. The molecule has 1 amide bonds. The van der Waals surface area contributed by atoms with Crippen molar-refractivity contribution in [3.05, 3.63) is 46.1 Å². The van der Waals surface area contributed by atoms with Crippen molar-refractivity contribution >= 4 is 48.8 Å². The largest absolute Gasteiger partial charge is 0.319 e. The Hall–Kier alpha value is -1.81. The van der Waals surface area contributed by atoms with Crippen molar-refractivity contribution in [2.75, 3.05) is 6.54 Å². The van der Waals surface area contributed by atoms with Gasteiger partial charge in [-0.15, -0.1) is 11.3 Å². The summed E-state index contributed by atoms with van der Waals surface area (Å²) >= 11 is 2.62. The van der Waals surface area contributed by atoms with Gasteiger partial charge in [-0.2, -0.15) is 9.30 Å². The van der Waals surface area contributed by atoms with Crippen molar-refractivity contribution in [2.45, 2.75) is 36.4 Å². The summed E-state index contributed by atoms with van der Waals surface area (Å²) in [5.74, 6) is -0.390. The molecule has 9 heteroatoms. The fourth-order valence-corrected chi connectivity index (χ4v) is 7.37. The molecular formula is C19H21N3O3S3. The number of thiophene rings is 1. The molecule has 4 rings (SSSR count). The fraction of sp³-hybridized carbons (Fsp3) is 0.368. The quantitative estimate of drug-likeness (QED) is 0.634. The predicted octanol–water partition coefficient (Wildman–Crippen LogP) is 3.28. The standard InChI is InChI=1S/C19H21N3O3S3/c1-13-8-9-14-16(12-13)27-19(21(14)2)20-18(23)15-6-3-4-10-22(15)28(24,25)17-7-5-11-26-17/h5,7-9,11-12,15H,3-4,6,10H2,1-2H3. The van der Waals surface area contributed by atoms with E-state index in [1.165, 1.54) is 27.0 Å². The highest BCUT2D eigenvalue weighted by molar-refractivity contribution is 7.91. The molecule has 0 N–H and O–H groups in total. The van der Waals surface area contributed by atoms with Crippen LogP contribution in [0.2, 0.25) is 0 Å². The van der Waals surface area contributed by atoms with E-state index >= 15 is 0 Å². The summed E-state index contributed by atoms with van der Waals surface area (Å²) in [5.41, 5.74) is 2.15. The van der Waals surface area contributed by atoms with Gasteiger partial charge in [-0.3, -0.25) is 4.79 Å². The molecule has 3 aromatic rings. The van der Waals surface area contributed by atoms with Crippen LogP contribution in [0.15, 0.2) is 44.9 Å². The molecule has 0 aliphatic carbocycles. The second kappa shape index (κ2) is 7.55. The van der Waals surface area contributed by atoms with Crippen molar-refractivity contribution in [3.63, 3.8) is 0 Å². The van der Waals surface area contributed by atoms with Gasteiger partial charge in [0.25, 0.3) is 15.9 Å². The number of carbonyl (C=O) groups excluding carboxylic acids is 1. The predicted molar refractivity (Wildman–Crippen MR) is 112 cm³/mol. The van der Waals surface area contributed by atoms with E-state index in [-0.39, 0.29) is 4.21 Å². The van der Waals surface area contributed by atoms with E-state index in [4.69, 9.17) is 0 Å². The summed E-state index contributed by atoms with van der Waals surface area (Å²) in [7, 11) is -1.80. The Morgan fingerprint density at radius 2 is 2.07 bits per heavy atom. The number of amides is 1. The van der Waals surface area contributed by atoms with Crippen LogP contribution in [-0.4, -0.2) is 35.8 Å². The number of benzene rings is 1. The van der Waals surface area contributed by atoms with Crippen LogP contribution in [-0.2, 0) is 21.9 Å². The van der Waals surface area contributed by atoms with Crippen molar-refractivity contribution in [1.29, 1.82) is 0 Å². The van der Waals surface area contributed by atoms with Gasteiger partial charge in [-0.05, 0) is 48.9 Å². The number of hydrogen-bond donors (Lipinski definition) is 0. The van der Waals surface area contributed by atoms with Gasteiger partial charge >= 0.3 is 0 Å². The first-order valence-electron chi connectivity index (χ1n) is 9.08. The molecule has 1 aliphatic heterocycles. The van der Waals surface area contributed by atoms with E-state index in [9.17, 15) is 13.2 Å². The molecule has 0 saturated carbocycles. The SMILES string of the molecule is Cc1ccc2c(c1)sc(=NC(=O)C1CCCCN1S(=O)(=O)c1cccs1)n2C. The minimum Gasteiger partial charge on any atom is -0.319 e. The van der Waals surface area contributed by atoms with Gasteiger partial charge in [0.05, 0.1) is 10.2 Å². The number of rotatable bonds is 3. The normalized spacial score (nSPS) is 19.4. The molecular weight excluding hydrogens is 414 g/mol. The first-order valence-corrected chi connectivity index (χ1v) is 12.2. The summed E-state index contributed by atoms with van der Waals surface area (Å²) in [4.78, 5) is 17.9. The topological polar surface area (TPSA) is 71.7 Å². The molecule has 1 atom stereocenters. The Kier molecular flexibility index (Phi) is 5.26. The highest BCUT2D eigenvalue weighted by Crippen LogP contribution is 2.28. The summed E-state index contributed by atoms with van der Waals surface area (Å²) in [6, 6.07) is 8.66. The van der Waals surface area contributed by atoms with Crippen LogP contribution in [0.1, 0.15) is 24.8 Å². The molecule has 28 heavy (non-hydrogen) atoms. The maximum Gasteiger partial charge on any atom is 0.266 e. The van der Waals surface area contributed by atoms with E-state index in [2.05, 4.69) is 11.1 Å². The summed E-state index contributed by atoms with van der Waals surface area (Å²) in [5, 5.41) is 1.73. The minimum absolute atomic E-state index is 0.273. The Morgan fingerprint density at radius 1 is 1.25 bits per heavy atom. The molecule has 0 bridgehead atoms. The minimum atomic E-state index is -3.68. The number of aromatic nitrogens is 1. The number of hydrogen-bond acceptors (Lipinski definition) is 5. The number of aryl methyl sites for hydroxylation is 2. The molecule has 148 valence electrons. The molecule has 1 aliphatic rings. The monoisotopic (exact) mass is 435 g/mol. The third-order valence-corrected chi connectivity index (χ3v) is 9.34. The lowest BCUT2D eigenvalue weighted by Crippen LogP contribution is -2.47. The average molecular weight is 436 g/mol. The molecule has 1 unspecified atom stereocenters. The molecule has 0 spiro atoms.